The van der Waals surface area contributed by atoms with Crippen molar-refractivity contribution in [3.05, 3.63) is 0 Å². The molecule has 2 aliphatic heterocycles. The molecule has 0 atom stereocenters. The van der Waals surface area contributed by atoms with Crippen LogP contribution < -0.4 is 5.32 Å². The second-order valence-corrected chi connectivity index (χ2v) is 4.53. The first-order valence-corrected chi connectivity index (χ1v) is 6.26. The fourth-order valence-corrected chi connectivity index (χ4v) is 2.24. The highest BCUT2D eigenvalue weighted by Gasteiger charge is 2.27. The van der Waals surface area contributed by atoms with E-state index in [-0.39, 0.29) is 31.4 Å². The van der Waals surface area contributed by atoms with E-state index in [2.05, 4.69) is 15.1 Å². The lowest BCUT2D eigenvalue weighted by Gasteiger charge is -2.43. The van der Waals surface area contributed by atoms with Gasteiger partial charge in [-0.1, -0.05) is 0 Å². The number of aliphatic hydroxyl groups is 1. The van der Waals surface area contributed by atoms with E-state index in [1.807, 2.05) is 0 Å². The SMILES string of the molecule is Cl.Cl.OCCOCCN1CCN(C2CNC2)CC1. The Morgan fingerprint density at radius 2 is 1.72 bits per heavy atom. The van der Waals surface area contributed by atoms with Crippen LogP contribution in [0.5, 0.6) is 0 Å². The summed E-state index contributed by atoms with van der Waals surface area (Å²) in [5.74, 6) is 0. The molecule has 0 unspecified atom stereocenters. The summed E-state index contributed by atoms with van der Waals surface area (Å²) in [5.41, 5.74) is 0. The second kappa shape index (κ2) is 10.2. The van der Waals surface area contributed by atoms with Gasteiger partial charge in [0.15, 0.2) is 0 Å². The highest BCUT2D eigenvalue weighted by molar-refractivity contribution is 5.85. The molecule has 2 N–H and O–H groups in total. The van der Waals surface area contributed by atoms with Crippen LogP contribution in [0.25, 0.3) is 0 Å². The second-order valence-electron chi connectivity index (χ2n) is 4.53. The van der Waals surface area contributed by atoms with Crippen molar-refractivity contribution < 1.29 is 9.84 Å². The van der Waals surface area contributed by atoms with Crippen molar-refractivity contribution in [3.8, 4) is 0 Å². The summed E-state index contributed by atoms with van der Waals surface area (Å²) in [4.78, 5) is 5.03. The van der Waals surface area contributed by atoms with Gasteiger partial charge in [-0.3, -0.25) is 9.80 Å². The van der Waals surface area contributed by atoms with Gasteiger partial charge in [0.25, 0.3) is 0 Å². The first-order valence-electron chi connectivity index (χ1n) is 6.26. The Balaban J connectivity index is 0.00000144. The van der Waals surface area contributed by atoms with Gasteiger partial charge in [-0.15, -0.1) is 24.8 Å². The first-order chi connectivity index (χ1) is 7.90. The van der Waals surface area contributed by atoms with Crippen LogP contribution in [-0.2, 0) is 4.74 Å². The number of hydrogen-bond donors (Lipinski definition) is 2. The Morgan fingerprint density at radius 1 is 1.06 bits per heavy atom. The summed E-state index contributed by atoms with van der Waals surface area (Å²) in [6.45, 7) is 9.34. The van der Waals surface area contributed by atoms with Crippen molar-refractivity contribution >= 4 is 24.8 Å². The lowest BCUT2D eigenvalue weighted by molar-refractivity contribution is 0.0404. The molecule has 2 saturated heterocycles. The number of hydrogen-bond acceptors (Lipinski definition) is 5. The molecule has 2 heterocycles. The smallest absolute Gasteiger partial charge is 0.0698 e. The molecule has 0 spiro atoms. The van der Waals surface area contributed by atoms with Crippen LogP contribution in [0.3, 0.4) is 0 Å². The average molecular weight is 302 g/mol. The van der Waals surface area contributed by atoms with Crippen molar-refractivity contribution in [1.29, 1.82) is 0 Å². The molecular formula is C11H25Cl2N3O2. The first kappa shape index (κ1) is 18.4. The van der Waals surface area contributed by atoms with Gasteiger partial charge in [0.2, 0.25) is 0 Å². The minimum atomic E-state index is 0. The Morgan fingerprint density at radius 3 is 2.22 bits per heavy atom. The molecule has 0 aromatic rings. The van der Waals surface area contributed by atoms with Gasteiger partial charge < -0.3 is 15.2 Å². The number of nitrogens with zero attached hydrogens (tertiary/aromatic N) is 2. The maximum absolute atomic E-state index is 8.58. The van der Waals surface area contributed by atoms with E-state index in [9.17, 15) is 0 Å². The average Bonchev–Trinajstić information content (AvgIpc) is 2.24. The summed E-state index contributed by atoms with van der Waals surface area (Å²) in [6, 6.07) is 0.785. The quantitative estimate of drug-likeness (QED) is 0.644. The molecular weight excluding hydrogens is 277 g/mol. The maximum Gasteiger partial charge on any atom is 0.0698 e. The standard InChI is InChI=1S/C11H23N3O2.2ClH/c15-6-8-16-7-5-13-1-3-14(4-2-13)11-9-12-10-11;;/h11-12,15H,1-10H2;2*1H. The number of nitrogens with one attached hydrogen (secondary N) is 1. The van der Waals surface area contributed by atoms with E-state index < -0.39 is 0 Å². The van der Waals surface area contributed by atoms with Gasteiger partial charge in [-0.25, -0.2) is 0 Å². The van der Waals surface area contributed by atoms with Crippen LogP contribution in [0.2, 0.25) is 0 Å². The Labute approximate surface area is 122 Å². The van der Waals surface area contributed by atoms with Crippen molar-refractivity contribution in [2.45, 2.75) is 6.04 Å². The van der Waals surface area contributed by atoms with E-state index in [0.29, 0.717) is 6.61 Å². The minimum Gasteiger partial charge on any atom is -0.394 e. The van der Waals surface area contributed by atoms with Crippen molar-refractivity contribution in [1.82, 2.24) is 15.1 Å². The summed E-state index contributed by atoms with van der Waals surface area (Å²) in [7, 11) is 0. The minimum absolute atomic E-state index is 0. The highest BCUT2D eigenvalue weighted by Crippen LogP contribution is 2.09. The molecule has 18 heavy (non-hydrogen) atoms. The molecule has 0 aromatic heterocycles. The number of ether oxygens (including phenoxy) is 1. The predicted molar refractivity (Wildman–Crippen MR) is 77.1 cm³/mol. The molecule has 2 fully saturated rings. The van der Waals surface area contributed by atoms with Crippen LogP contribution >= 0.6 is 24.8 Å². The maximum atomic E-state index is 8.58. The van der Waals surface area contributed by atoms with Crippen LogP contribution in [0.15, 0.2) is 0 Å². The third-order valence-electron chi connectivity index (χ3n) is 3.47. The normalized spacial score (nSPS) is 21.8. The zero-order chi connectivity index (χ0) is 11.2. The molecule has 0 aromatic carbocycles. The van der Waals surface area contributed by atoms with E-state index in [0.717, 1.165) is 32.3 Å². The Kier molecular flexibility index (Phi) is 10.4. The topological polar surface area (TPSA) is 48.0 Å². The largest absolute Gasteiger partial charge is 0.394 e. The molecule has 5 nitrogen and oxygen atoms in total. The number of piperazine rings is 1. The summed E-state index contributed by atoms with van der Waals surface area (Å²) >= 11 is 0. The third kappa shape index (κ3) is 5.57. The monoisotopic (exact) mass is 301 g/mol. The Bertz CT molecular complexity index is 201. The molecule has 2 aliphatic rings. The Hall–Kier alpha value is 0.380. The summed E-state index contributed by atoms with van der Waals surface area (Å²) in [5, 5.41) is 11.9. The van der Waals surface area contributed by atoms with Crippen molar-refractivity contribution in [2.24, 2.45) is 0 Å². The lowest BCUT2D eigenvalue weighted by Crippen LogP contribution is -2.61. The van der Waals surface area contributed by atoms with Crippen LogP contribution in [0.1, 0.15) is 0 Å². The fourth-order valence-electron chi connectivity index (χ4n) is 2.24. The lowest BCUT2D eigenvalue weighted by atomic mass is 10.1. The molecule has 0 amide bonds. The molecule has 7 heteroatoms. The fraction of sp³-hybridized carbons (Fsp3) is 1.00. The number of rotatable bonds is 6. The van der Waals surface area contributed by atoms with Crippen LogP contribution in [0.4, 0.5) is 0 Å². The summed E-state index contributed by atoms with van der Waals surface area (Å²) < 4.78 is 5.28. The van der Waals surface area contributed by atoms with Crippen molar-refractivity contribution in [3.63, 3.8) is 0 Å². The number of halogens is 2. The van der Waals surface area contributed by atoms with Gasteiger partial charge in [-0.2, -0.15) is 0 Å². The zero-order valence-corrected chi connectivity index (χ0v) is 12.3. The third-order valence-corrected chi connectivity index (χ3v) is 3.47. The van der Waals surface area contributed by atoms with Gasteiger partial charge >= 0.3 is 0 Å². The van der Waals surface area contributed by atoms with Crippen LogP contribution in [-0.4, -0.2) is 86.6 Å². The molecule has 0 radical (unpaired) electrons. The van der Waals surface area contributed by atoms with E-state index >= 15 is 0 Å². The van der Waals surface area contributed by atoms with Crippen molar-refractivity contribution in [2.75, 3.05) is 65.6 Å². The molecule has 2 rings (SSSR count). The summed E-state index contributed by atoms with van der Waals surface area (Å²) in [6.07, 6.45) is 0. The van der Waals surface area contributed by atoms with Gasteiger partial charge in [0, 0.05) is 51.9 Å². The van der Waals surface area contributed by atoms with Gasteiger partial charge in [-0.05, 0) is 0 Å². The highest BCUT2D eigenvalue weighted by atomic mass is 35.5. The zero-order valence-electron chi connectivity index (χ0n) is 10.7. The molecule has 0 aliphatic carbocycles. The van der Waals surface area contributed by atoms with E-state index in [1.54, 1.807) is 0 Å². The van der Waals surface area contributed by atoms with Gasteiger partial charge in [0.05, 0.1) is 19.8 Å². The van der Waals surface area contributed by atoms with E-state index in [4.69, 9.17) is 9.84 Å². The predicted octanol–water partition coefficient (Wildman–Crippen LogP) is -0.572. The van der Waals surface area contributed by atoms with Crippen LogP contribution in [0, 0.1) is 0 Å². The molecule has 110 valence electrons. The molecule has 0 bridgehead atoms. The van der Waals surface area contributed by atoms with Gasteiger partial charge in [0.1, 0.15) is 0 Å². The van der Waals surface area contributed by atoms with E-state index in [1.165, 1.54) is 26.2 Å². The number of aliphatic hydroxyl groups excluding tert-OH is 1. The molecule has 0 saturated carbocycles.